The van der Waals surface area contributed by atoms with Gasteiger partial charge < -0.3 is 15.8 Å². The Morgan fingerprint density at radius 2 is 1.65 bits per heavy atom. The molecule has 0 aromatic heterocycles. The molecule has 2 aromatic rings. The molecule has 0 aliphatic carbocycles. The first-order valence-corrected chi connectivity index (χ1v) is 8.78. The molecule has 3 N–H and O–H groups in total. The highest BCUT2D eigenvalue weighted by Crippen LogP contribution is 2.21. The lowest BCUT2D eigenvalue weighted by Gasteiger charge is -2.20. The van der Waals surface area contributed by atoms with Gasteiger partial charge in [0, 0.05) is 18.2 Å². The Kier molecular flexibility index (Phi) is 9.17. The van der Waals surface area contributed by atoms with E-state index < -0.39 is 0 Å². The normalized spacial score (nSPS) is 12.8. The average Bonchev–Trinajstić information content (AvgIpc) is 2.64. The fourth-order valence-corrected chi connectivity index (χ4v) is 2.52. The van der Waals surface area contributed by atoms with E-state index in [4.69, 9.17) is 10.5 Å². The first-order valence-electron chi connectivity index (χ1n) is 8.78. The van der Waals surface area contributed by atoms with Crippen molar-refractivity contribution in [1.29, 1.82) is 0 Å². The Bertz CT molecular complexity index is 677. The van der Waals surface area contributed by atoms with Gasteiger partial charge in [-0.1, -0.05) is 69.3 Å². The van der Waals surface area contributed by atoms with Crippen molar-refractivity contribution in [2.24, 2.45) is 17.6 Å². The van der Waals surface area contributed by atoms with E-state index in [0.717, 1.165) is 16.9 Å². The molecule has 0 aliphatic rings. The van der Waals surface area contributed by atoms with Crippen molar-refractivity contribution >= 4 is 18.3 Å². The number of rotatable bonds is 8. The number of carbonyl (C=O) groups excluding carboxylic acids is 1. The fourth-order valence-electron chi connectivity index (χ4n) is 2.52. The van der Waals surface area contributed by atoms with Crippen LogP contribution in [0.2, 0.25) is 0 Å². The van der Waals surface area contributed by atoms with Gasteiger partial charge in [0.05, 0.1) is 12.5 Å². The van der Waals surface area contributed by atoms with Crippen molar-refractivity contribution in [3.63, 3.8) is 0 Å². The molecular weight excluding hydrogens is 348 g/mol. The summed E-state index contributed by atoms with van der Waals surface area (Å²) in [6.07, 6.45) is 0. The Hall–Kier alpha value is -2.04. The van der Waals surface area contributed by atoms with Crippen LogP contribution in [0, 0.1) is 11.8 Å². The van der Waals surface area contributed by atoms with Crippen LogP contribution in [0.5, 0.6) is 5.75 Å². The molecule has 0 aliphatic heterocycles. The van der Waals surface area contributed by atoms with E-state index in [1.807, 2.05) is 61.5 Å². The smallest absolute Gasteiger partial charge is 0.225 e. The van der Waals surface area contributed by atoms with E-state index in [1.165, 1.54) is 0 Å². The van der Waals surface area contributed by atoms with Gasteiger partial charge in [0.1, 0.15) is 5.75 Å². The first kappa shape index (κ1) is 22.0. The number of amides is 1. The van der Waals surface area contributed by atoms with Gasteiger partial charge in [-0.25, -0.2) is 0 Å². The van der Waals surface area contributed by atoms with Gasteiger partial charge in [0.25, 0.3) is 0 Å². The quantitative estimate of drug-likeness (QED) is 0.729. The van der Waals surface area contributed by atoms with Gasteiger partial charge in [0.2, 0.25) is 5.91 Å². The second-order valence-corrected chi connectivity index (χ2v) is 6.76. The molecule has 0 bridgehead atoms. The standard InChI is InChI=1S/C21H28N2O2.ClH/c1-15(2)14-25-19-12-8-7-11-18(19)13-23-21(24)16(3)20(22)17-9-5-4-6-10-17;/h4-12,15-16,20H,13-14,22H2,1-3H3,(H,23,24);1H. The van der Waals surface area contributed by atoms with Gasteiger partial charge in [0.15, 0.2) is 0 Å². The second kappa shape index (κ2) is 10.8. The highest BCUT2D eigenvalue weighted by atomic mass is 35.5. The van der Waals surface area contributed by atoms with Gasteiger partial charge in [-0.15, -0.1) is 12.4 Å². The number of carbonyl (C=O) groups is 1. The van der Waals surface area contributed by atoms with Crippen molar-refractivity contribution in [2.45, 2.75) is 33.4 Å². The topological polar surface area (TPSA) is 64.3 Å². The van der Waals surface area contributed by atoms with Crippen LogP contribution in [-0.2, 0) is 11.3 Å². The van der Waals surface area contributed by atoms with Crippen molar-refractivity contribution in [3.8, 4) is 5.75 Å². The van der Waals surface area contributed by atoms with Crippen molar-refractivity contribution in [2.75, 3.05) is 6.61 Å². The van der Waals surface area contributed by atoms with E-state index in [0.29, 0.717) is 19.1 Å². The van der Waals surface area contributed by atoms with Crippen molar-refractivity contribution in [3.05, 3.63) is 65.7 Å². The first-order chi connectivity index (χ1) is 12.0. The molecule has 26 heavy (non-hydrogen) atoms. The number of halogens is 1. The third kappa shape index (κ3) is 6.36. The molecule has 2 aromatic carbocycles. The lowest BCUT2D eigenvalue weighted by Crippen LogP contribution is -2.35. The Morgan fingerprint density at radius 1 is 1.04 bits per heavy atom. The zero-order valence-electron chi connectivity index (χ0n) is 15.6. The van der Waals surface area contributed by atoms with Gasteiger partial charge in [-0.05, 0) is 17.5 Å². The summed E-state index contributed by atoms with van der Waals surface area (Å²) in [7, 11) is 0. The van der Waals surface area contributed by atoms with E-state index >= 15 is 0 Å². The predicted octanol–water partition coefficient (Wildman–Crippen LogP) is 4.10. The molecule has 0 fully saturated rings. The number of hydrogen-bond acceptors (Lipinski definition) is 3. The lowest BCUT2D eigenvalue weighted by atomic mass is 9.94. The molecule has 2 unspecified atom stereocenters. The Labute approximate surface area is 162 Å². The second-order valence-electron chi connectivity index (χ2n) is 6.76. The van der Waals surface area contributed by atoms with Crippen LogP contribution in [0.1, 0.15) is 37.9 Å². The maximum Gasteiger partial charge on any atom is 0.225 e. The van der Waals surface area contributed by atoms with Crippen LogP contribution in [-0.4, -0.2) is 12.5 Å². The predicted molar refractivity (Wildman–Crippen MR) is 108 cm³/mol. The van der Waals surface area contributed by atoms with Crippen LogP contribution in [0.15, 0.2) is 54.6 Å². The van der Waals surface area contributed by atoms with Crippen LogP contribution >= 0.6 is 12.4 Å². The molecule has 142 valence electrons. The summed E-state index contributed by atoms with van der Waals surface area (Å²) in [4.78, 5) is 12.5. The molecule has 1 amide bonds. The minimum Gasteiger partial charge on any atom is -0.493 e. The van der Waals surface area contributed by atoms with Crippen molar-refractivity contribution in [1.82, 2.24) is 5.32 Å². The highest BCUT2D eigenvalue weighted by Gasteiger charge is 2.22. The zero-order valence-corrected chi connectivity index (χ0v) is 16.5. The molecular formula is C21H29ClN2O2. The van der Waals surface area contributed by atoms with E-state index in [2.05, 4.69) is 19.2 Å². The molecule has 2 atom stereocenters. The molecule has 0 radical (unpaired) electrons. The molecule has 5 heteroatoms. The minimum atomic E-state index is -0.325. The van der Waals surface area contributed by atoms with E-state index in [-0.39, 0.29) is 30.3 Å². The molecule has 0 heterocycles. The minimum absolute atomic E-state index is 0. The Balaban J connectivity index is 0.00000338. The van der Waals surface area contributed by atoms with Crippen molar-refractivity contribution < 1.29 is 9.53 Å². The third-order valence-corrected chi connectivity index (χ3v) is 4.13. The van der Waals surface area contributed by atoms with E-state index in [9.17, 15) is 4.79 Å². The third-order valence-electron chi connectivity index (χ3n) is 4.13. The number of ether oxygens (including phenoxy) is 1. The largest absolute Gasteiger partial charge is 0.493 e. The average molecular weight is 377 g/mol. The SMILES string of the molecule is CC(C)COc1ccccc1CNC(=O)C(C)C(N)c1ccccc1.Cl. The number of nitrogens with one attached hydrogen (secondary N) is 1. The van der Waals surface area contributed by atoms with Gasteiger partial charge in [-0.2, -0.15) is 0 Å². The maximum atomic E-state index is 12.5. The lowest BCUT2D eigenvalue weighted by molar-refractivity contribution is -0.125. The summed E-state index contributed by atoms with van der Waals surface area (Å²) in [5.41, 5.74) is 8.17. The summed E-state index contributed by atoms with van der Waals surface area (Å²) in [5.74, 6) is 0.893. The maximum absolute atomic E-state index is 12.5. The van der Waals surface area contributed by atoms with E-state index in [1.54, 1.807) is 0 Å². The molecule has 0 spiro atoms. The van der Waals surface area contributed by atoms with Crippen LogP contribution in [0.25, 0.3) is 0 Å². The summed E-state index contributed by atoms with van der Waals surface area (Å²) >= 11 is 0. The van der Waals surface area contributed by atoms with Gasteiger partial charge in [-0.3, -0.25) is 4.79 Å². The van der Waals surface area contributed by atoms with Gasteiger partial charge >= 0.3 is 0 Å². The summed E-state index contributed by atoms with van der Waals surface area (Å²) in [5, 5.41) is 2.98. The zero-order chi connectivity index (χ0) is 18.2. The van der Waals surface area contributed by atoms with Crippen LogP contribution in [0.3, 0.4) is 0 Å². The molecule has 4 nitrogen and oxygen atoms in total. The Morgan fingerprint density at radius 3 is 2.31 bits per heavy atom. The van der Waals surface area contributed by atoms with Crippen LogP contribution in [0.4, 0.5) is 0 Å². The van der Waals surface area contributed by atoms with Crippen LogP contribution < -0.4 is 15.8 Å². The number of para-hydroxylation sites is 1. The molecule has 0 saturated carbocycles. The number of hydrogen-bond donors (Lipinski definition) is 2. The fraction of sp³-hybridized carbons (Fsp3) is 0.381. The summed E-state index contributed by atoms with van der Waals surface area (Å²) in [6, 6.07) is 17.2. The summed E-state index contributed by atoms with van der Waals surface area (Å²) in [6.45, 7) is 7.15. The molecule has 0 saturated heterocycles. The number of nitrogens with two attached hydrogens (primary N) is 1. The summed E-state index contributed by atoms with van der Waals surface area (Å²) < 4.78 is 5.83. The molecule has 2 rings (SSSR count). The number of benzene rings is 2. The highest BCUT2D eigenvalue weighted by molar-refractivity contribution is 5.85. The monoisotopic (exact) mass is 376 g/mol.